The Hall–Kier alpha value is -1.06. The first kappa shape index (κ1) is 14.0. The van der Waals surface area contributed by atoms with Crippen LogP contribution in [0.1, 0.15) is 32.3 Å². The van der Waals surface area contributed by atoms with Crippen LogP contribution in [0.25, 0.3) is 0 Å². The maximum atomic E-state index is 6.25. The van der Waals surface area contributed by atoms with Crippen molar-refractivity contribution >= 4 is 0 Å². The summed E-state index contributed by atoms with van der Waals surface area (Å²) in [4.78, 5) is 0. The Morgan fingerprint density at radius 2 is 1.82 bits per heavy atom. The van der Waals surface area contributed by atoms with Crippen molar-refractivity contribution in [1.29, 1.82) is 0 Å². The Morgan fingerprint density at radius 3 is 2.35 bits per heavy atom. The summed E-state index contributed by atoms with van der Waals surface area (Å²) in [5, 5.41) is 0. The number of rotatable bonds is 7. The minimum absolute atomic E-state index is 0.348. The molecule has 0 bridgehead atoms. The van der Waals surface area contributed by atoms with Gasteiger partial charge in [0.15, 0.2) is 0 Å². The summed E-state index contributed by atoms with van der Waals surface area (Å²) in [6.07, 6.45) is 1.82. The first-order valence-corrected chi connectivity index (χ1v) is 6.11. The molecule has 0 spiro atoms. The van der Waals surface area contributed by atoms with Gasteiger partial charge in [0.05, 0.1) is 6.61 Å². The van der Waals surface area contributed by atoms with Crippen molar-refractivity contribution in [3.05, 3.63) is 29.8 Å². The highest BCUT2D eigenvalue weighted by Crippen LogP contribution is 2.24. The number of nitrogens with two attached hydrogens (primary N) is 1. The standard InChI is InChI=1S/C14H23NO2/c1-4-10-17-13-7-5-12(6-8-13)14(2,15)9-11-16-3/h5-8H,4,9-11,15H2,1-3H3. The van der Waals surface area contributed by atoms with Gasteiger partial charge in [0, 0.05) is 19.3 Å². The van der Waals surface area contributed by atoms with E-state index in [1.807, 2.05) is 31.2 Å². The predicted molar refractivity (Wildman–Crippen MR) is 70.3 cm³/mol. The van der Waals surface area contributed by atoms with Crippen molar-refractivity contribution in [2.24, 2.45) is 5.73 Å². The highest BCUT2D eigenvalue weighted by Gasteiger charge is 2.20. The number of hydrogen-bond acceptors (Lipinski definition) is 3. The fraction of sp³-hybridized carbons (Fsp3) is 0.571. The van der Waals surface area contributed by atoms with Crippen molar-refractivity contribution in [1.82, 2.24) is 0 Å². The van der Waals surface area contributed by atoms with Gasteiger partial charge in [-0.3, -0.25) is 0 Å². The molecule has 2 N–H and O–H groups in total. The third kappa shape index (κ3) is 4.36. The molecule has 0 fully saturated rings. The molecule has 1 unspecified atom stereocenters. The number of ether oxygens (including phenoxy) is 2. The first-order chi connectivity index (χ1) is 8.10. The largest absolute Gasteiger partial charge is 0.494 e. The van der Waals surface area contributed by atoms with Crippen LogP contribution in [-0.4, -0.2) is 20.3 Å². The fourth-order valence-electron chi connectivity index (χ4n) is 1.61. The molecule has 1 atom stereocenters. The summed E-state index contributed by atoms with van der Waals surface area (Å²) in [5.41, 5.74) is 7.02. The molecule has 0 heterocycles. The van der Waals surface area contributed by atoms with E-state index < -0.39 is 0 Å². The van der Waals surface area contributed by atoms with Gasteiger partial charge in [-0.1, -0.05) is 19.1 Å². The topological polar surface area (TPSA) is 44.5 Å². The summed E-state index contributed by atoms with van der Waals surface area (Å²) in [5.74, 6) is 0.901. The summed E-state index contributed by atoms with van der Waals surface area (Å²) in [6, 6.07) is 8.01. The molecule has 1 rings (SSSR count). The zero-order valence-corrected chi connectivity index (χ0v) is 11.0. The lowest BCUT2D eigenvalue weighted by Gasteiger charge is -2.25. The average molecular weight is 237 g/mol. The van der Waals surface area contributed by atoms with E-state index in [1.54, 1.807) is 7.11 Å². The molecule has 3 nitrogen and oxygen atoms in total. The van der Waals surface area contributed by atoms with Crippen LogP contribution in [0.15, 0.2) is 24.3 Å². The summed E-state index contributed by atoms with van der Waals surface area (Å²) >= 11 is 0. The molecule has 1 aromatic carbocycles. The smallest absolute Gasteiger partial charge is 0.119 e. The van der Waals surface area contributed by atoms with Crippen LogP contribution < -0.4 is 10.5 Å². The van der Waals surface area contributed by atoms with Gasteiger partial charge in [0.25, 0.3) is 0 Å². The van der Waals surface area contributed by atoms with Gasteiger partial charge in [0.1, 0.15) is 5.75 Å². The van der Waals surface area contributed by atoms with Crippen LogP contribution in [0, 0.1) is 0 Å². The molecule has 1 aromatic rings. The van der Waals surface area contributed by atoms with Crippen molar-refractivity contribution in [2.45, 2.75) is 32.2 Å². The maximum Gasteiger partial charge on any atom is 0.119 e. The van der Waals surface area contributed by atoms with Crippen LogP contribution in [0.3, 0.4) is 0 Å². The highest BCUT2D eigenvalue weighted by molar-refractivity contribution is 5.31. The second-order valence-corrected chi connectivity index (χ2v) is 4.53. The number of methoxy groups -OCH3 is 1. The summed E-state index contributed by atoms with van der Waals surface area (Å²) < 4.78 is 10.6. The average Bonchev–Trinajstić information content (AvgIpc) is 2.34. The summed E-state index contributed by atoms with van der Waals surface area (Å²) in [6.45, 7) is 5.54. The second-order valence-electron chi connectivity index (χ2n) is 4.53. The lowest BCUT2D eigenvalue weighted by molar-refractivity contribution is 0.172. The maximum absolute atomic E-state index is 6.25. The molecule has 0 aliphatic rings. The molecule has 0 radical (unpaired) electrons. The van der Waals surface area contributed by atoms with E-state index in [2.05, 4.69) is 6.92 Å². The molecule has 0 amide bonds. The minimum Gasteiger partial charge on any atom is -0.494 e. The van der Waals surface area contributed by atoms with Gasteiger partial charge in [-0.2, -0.15) is 0 Å². The van der Waals surface area contributed by atoms with E-state index in [9.17, 15) is 0 Å². The minimum atomic E-state index is -0.348. The van der Waals surface area contributed by atoms with Gasteiger partial charge in [-0.15, -0.1) is 0 Å². The zero-order valence-electron chi connectivity index (χ0n) is 11.0. The van der Waals surface area contributed by atoms with Gasteiger partial charge >= 0.3 is 0 Å². The van der Waals surface area contributed by atoms with Crippen LogP contribution in [0.5, 0.6) is 5.75 Å². The van der Waals surface area contributed by atoms with E-state index in [0.29, 0.717) is 6.61 Å². The Morgan fingerprint density at radius 1 is 1.18 bits per heavy atom. The lowest BCUT2D eigenvalue weighted by atomic mass is 9.90. The Balaban J connectivity index is 2.65. The van der Waals surface area contributed by atoms with Gasteiger partial charge in [-0.25, -0.2) is 0 Å². The Labute approximate surface area is 104 Å². The van der Waals surface area contributed by atoms with E-state index in [0.717, 1.165) is 30.8 Å². The Bertz CT molecular complexity index is 319. The molecule has 0 saturated carbocycles. The fourth-order valence-corrected chi connectivity index (χ4v) is 1.61. The molecule has 0 aliphatic carbocycles. The molecule has 0 aliphatic heterocycles. The molecule has 3 heteroatoms. The normalized spacial score (nSPS) is 14.4. The number of hydrogen-bond donors (Lipinski definition) is 1. The predicted octanol–water partition coefficient (Wildman–Crippen LogP) is 2.69. The van der Waals surface area contributed by atoms with Gasteiger partial charge in [0.2, 0.25) is 0 Å². The zero-order chi connectivity index (χ0) is 12.7. The molecular weight excluding hydrogens is 214 g/mol. The van der Waals surface area contributed by atoms with E-state index >= 15 is 0 Å². The third-order valence-corrected chi connectivity index (χ3v) is 2.81. The number of benzene rings is 1. The van der Waals surface area contributed by atoms with Gasteiger partial charge < -0.3 is 15.2 Å². The van der Waals surface area contributed by atoms with Crippen LogP contribution in [0.2, 0.25) is 0 Å². The SMILES string of the molecule is CCCOc1ccc(C(C)(N)CCOC)cc1. The van der Waals surface area contributed by atoms with Crippen molar-refractivity contribution < 1.29 is 9.47 Å². The van der Waals surface area contributed by atoms with Crippen LogP contribution in [-0.2, 0) is 10.3 Å². The highest BCUT2D eigenvalue weighted by atomic mass is 16.5. The molecule has 17 heavy (non-hydrogen) atoms. The van der Waals surface area contributed by atoms with Crippen LogP contribution in [0.4, 0.5) is 0 Å². The third-order valence-electron chi connectivity index (χ3n) is 2.81. The van der Waals surface area contributed by atoms with E-state index in [1.165, 1.54) is 0 Å². The summed E-state index contributed by atoms with van der Waals surface area (Å²) in [7, 11) is 1.69. The molecule has 96 valence electrons. The van der Waals surface area contributed by atoms with Crippen LogP contribution >= 0.6 is 0 Å². The quantitative estimate of drug-likeness (QED) is 0.793. The molecule has 0 saturated heterocycles. The van der Waals surface area contributed by atoms with Crippen molar-refractivity contribution in [3.63, 3.8) is 0 Å². The van der Waals surface area contributed by atoms with E-state index in [4.69, 9.17) is 15.2 Å². The van der Waals surface area contributed by atoms with Crippen molar-refractivity contribution in [3.8, 4) is 5.75 Å². The monoisotopic (exact) mass is 237 g/mol. The molecular formula is C14H23NO2. The first-order valence-electron chi connectivity index (χ1n) is 6.11. The van der Waals surface area contributed by atoms with E-state index in [-0.39, 0.29) is 5.54 Å². The lowest BCUT2D eigenvalue weighted by Crippen LogP contribution is -2.34. The second kappa shape index (κ2) is 6.62. The van der Waals surface area contributed by atoms with Crippen molar-refractivity contribution in [2.75, 3.05) is 20.3 Å². The Kier molecular flexibility index (Phi) is 5.45. The molecule has 0 aromatic heterocycles. The van der Waals surface area contributed by atoms with Gasteiger partial charge in [-0.05, 0) is 37.5 Å².